The number of amides is 1. The molecule has 6 atom stereocenters. The monoisotopic (exact) mass is 594 g/mol. The summed E-state index contributed by atoms with van der Waals surface area (Å²) in [4.78, 5) is 67.7. The molecule has 202 valence electrons. The molecule has 5 rings (SSSR count). The Balaban J connectivity index is 1.59. The molecule has 2 aromatic rings. The molecule has 2 aromatic carbocycles. The number of primary amides is 1. The molecule has 2 unspecified atom stereocenters. The van der Waals surface area contributed by atoms with Crippen LogP contribution in [-0.2, 0) is 25.6 Å². The summed E-state index contributed by atoms with van der Waals surface area (Å²) >= 11 is 3.40. The lowest BCUT2D eigenvalue weighted by Gasteiger charge is -2.52. The SMILES string of the molecule is CN(C)[C@@H]1C(=O)C(C(N)=O)C(=O)[C@@]2(O)C(=O)C3C(=O)c4c(O)ccc(/C=C/c5ccc(Br)cc5)c4C[C@H]3C[C@@H]12. The van der Waals surface area contributed by atoms with Crippen molar-refractivity contribution in [2.45, 2.75) is 24.5 Å². The van der Waals surface area contributed by atoms with Crippen LogP contribution in [0.1, 0.15) is 33.5 Å². The number of hydrogen-bond donors (Lipinski definition) is 3. The lowest BCUT2D eigenvalue weighted by Crippen LogP contribution is -2.74. The minimum Gasteiger partial charge on any atom is -0.507 e. The van der Waals surface area contributed by atoms with E-state index >= 15 is 0 Å². The zero-order valence-electron chi connectivity index (χ0n) is 21.3. The average Bonchev–Trinajstić information content (AvgIpc) is 2.86. The van der Waals surface area contributed by atoms with Crippen molar-refractivity contribution in [2.24, 2.45) is 29.4 Å². The first kappa shape index (κ1) is 27.1. The molecule has 0 saturated heterocycles. The van der Waals surface area contributed by atoms with E-state index in [1.54, 1.807) is 20.2 Å². The third-order valence-electron chi connectivity index (χ3n) is 8.31. The highest BCUT2D eigenvalue weighted by atomic mass is 79.9. The number of carbonyl (C=O) groups excluding carboxylic acids is 5. The maximum absolute atomic E-state index is 13.9. The Morgan fingerprint density at radius 3 is 2.33 bits per heavy atom. The molecule has 0 spiro atoms. The second-order valence-electron chi connectivity index (χ2n) is 10.7. The number of hydrogen-bond acceptors (Lipinski definition) is 8. The lowest BCUT2D eigenvalue weighted by molar-refractivity contribution is -0.181. The fourth-order valence-corrected chi connectivity index (χ4v) is 6.81. The van der Waals surface area contributed by atoms with Crippen molar-refractivity contribution in [3.8, 4) is 5.75 Å². The number of nitrogens with two attached hydrogens (primary N) is 1. The van der Waals surface area contributed by atoms with Crippen molar-refractivity contribution in [2.75, 3.05) is 14.1 Å². The normalized spacial score (nSPS) is 30.3. The highest BCUT2D eigenvalue weighted by Gasteiger charge is 2.69. The van der Waals surface area contributed by atoms with Gasteiger partial charge in [0, 0.05) is 10.4 Å². The van der Waals surface area contributed by atoms with Crippen molar-refractivity contribution in [1.29, 1.82) is 0 Å². The molecule has 0 aromatic heterocycles. The van der Waals surface area contributed by atoms with E-state index in [4.69, 9.17) is 5.73 Å². The van der Waals surface area contributed by atoms with Gasteiger partial charge in [0.15, 0.2) is 34.7 Å². The van der Waals surface area contributed by atoms with Crippen LogP contribution in [0.15, 0.2) is 40.9 Å². The topological polar surface area (TPSA) is 155 Å². The Hall–Kier alpha value is -3.47. The first-order valence-corrected chi connectivity index (χ1v) is 13.3. The van der Waals surface area contributed by atoms with Crippen LogP contribution in [0.3, 0.4) is 0 Å². The van der Waals surface area contributed by atoms with Crippen LogP contribution in [0.4, 0.5) is 0 Å². The second-order valence-corrected chi connectivity index (χ2v) is 11.6. The summed E-state index contributed by atoms with van der Waals surface area (Å²) in [5.74, 6) is -10.5. The van der Waals surface area contributed by atoms with Crippen molar-refractivity contribution in [3.05, 3.63) is 63.1 Å². The van der Waals surface area contributed by atoms with Gasteiger partial charge in [-0.15, -0.1) is 0 Å². The van der Waals surface area contributed by atoms with Crippen LogP contribution in [0.25, 0.3) is 12.2 Å². The van der Waals surface area contributed by atoms with Gasteiger partial charge < -0.3 is 15.9 Å². The first-order chi connectivity index (χ1) is 18.4. The van der Waals surface area contributed by atoms with Crippen molar-refractivity contribution in [1.82, 2.24) is 4.90 Å². The number of halogens is 1. The van der Waals surface area contributed by atoms with Gasteiger partial charge in [-0.3, -0.25) is 28.9 Å². The summed E-state index contributed by atoms with van der Waals surface area (Å²) in [7, 11) is 3.11. The maximum atomic E-state index is 13.9. The number of aliphatic hydroxyl groups is 1. The third kappa shape index (κ3) is 4.09. The van der Waals surface area contributed by atoms with Crippen LogP contribution in [0.5, 0.6) is 5.75 Å². The number of phenolic OH excluding ortho intramolecular Hbond substituents is 1. The largest absolute Gasteiger partial charge is 0.507 e. The predicted molar refractivity (Wildman–Crippen MR) is 144 cm³/mol. The molecule has 9 nitrogen and oxygen atoms in total. The number of fused-ring (bicyclic) bond motifs is 3. The van der Waals surface area contributed by atoms with Crippen molar-refractivity contribution >= 4 is 57.1 Å². The van der Waals surface area contributed by atoms with Gasteiger partial charge in [-0.2, -0.15) is 0 Å². The van der Waals surface area contributed by atoms with Gasteiger partial charge in [-0.1, -0.05) is 46.3 Å². The quantitative estimate of drug-likeness (QED) is 0.357. The van der Waals surface area contributed by atoms with Gasteiger partial charge in [-0.05, 0) is 67.7 Å². The van der Waals surface area contributed by atoms with Gasteiger partial charge in [0.05, 0.1) is 17.5 Å². The van der Waals surface area contributed by atoms with Gasteiger partial charge in [0.2, 0.25) is 5.91 Å². The molecular formula is C29H27BrN2O7. The van der Waals surface area contributed by atoms with Gasteiger partial charge in [0.25, 0.3) is 0 Å². The summed E-state index contributed by atoms with van der Waals surface area (Å²) in [6.45, 7) is 0. The second kappa shape index (κ2) is 9.62. The lowest BCUT2D eigenvalue weighted by atomic mass is 9.52. The molecule has 39 heavy (non-hydrogen) atoms. The number of rotatable bonds is 4. The predicted octanol–water partition coefficient (Wildman–Crippen LogP) is 1.80. The Labute approximate surface area is 232 Å². The van der Waals surface area contributed by atoms with Crippen LogP contribution >= 0.6 is 15.9 Å². The van der Waals surface area contributed by atoms with Crippen molar-refractivity contribution in [3.63, 3.8) is 0 Å². The van der Waals surface area contributed by atoms with Gasteiger partial charge in [-0.25, -0.2) is 0 Å². The van der Waals surface area contributed by atoms with Gasteiger partial charge >= 0.3 is 0 Å². The number of benzene rings is 2. The number of carbonyl (C=O) groups is 5. The van der Waals surface area contributed by atoms with Crippen LogP contribution in [-0.4, -0.2) is 69.9 Å². The number of phenols is 1. The zero-order valence-corrected chi connectivity index (χ0v) is 22.8. The minimum atomic E-state index is -2.73. The van der Waals surface area contributed by atoms with Crippen LogP contribution in [0, 0.1) is 23.7 Å². The van der Waals surface area contributed by atoms with E-state index in [0.717, 1.165) is 10.0 Å². The standard InChI is InChI=1S/C29H27BrN2O7/c1-32(2)23-18-12-15-11-17-14(6-3-13-4-8-16(30)9-5-13)7-10-19(33)21(17)24(34)20(15)26(36)29(18,39)27(37)22(25(23)35)28(31)38/h3-10,15,18,20,22-23,33,39H,11-12H2,1-2H3,(H2,31,38)/b6-3+/t15-,18-,20?,22?,23-,29-/m0/s1. The molecule has 3 aliphatic rings. The Kier molecular flexibility index (Phi) is 6.69. The smallest absolute Gasteiger partial charge is 0.235 e. The van der Waals surface area contributed by atoms with Crippen molar-refractivity contribution < 1.29 is 34.2 Å². The molecule has 0 bridgehead atoms. The van der Waals surface area contributed by atoms with E-state index in [2.05, 4.69) is 15.9 Å². The zero-order chi connectivity index (χ0) is 28.4. The molecule has 0 heterocycles. The summed E-state index contributed by atoms with van der Waals surface area (Å²) in [5, 5.41) is 22.3. The molecular weight excluding hydrogens is 568 g/mol. The van der Waals surface area contributed by atoms with Crippen LogP contribution in [0.2, 0.25) is 0 Å². The van der Waals surface area contributed by atoms with E-state index in [9.17, 15) is 34.2 Å². The molecule has 2 fully saturated rings. The van der Waals surface area contributed by atoms with E-state index in [1.165, 1.54) is 11.0 Å². The Morgan fingerprint density at radius 2 is 1.72 bits per heavy atom. The molecule has 3 aliphatic carbocycles. The number of aromatic hydroxyl groups is 1. The number of nitrogens with zero attached hydrogens (tertiary/aromatic N) is 1. The summed E-state index contributed by atoms with van der Waals surface area (Å²) in [6, 6.07) is 9.54. The first-order valence-electron chi connectivity index (χ1n) is 12.5. The number of likely N-dealkylation sites (N-methyl/N-ethyl adjacent to an activating group) is 1. The maximum Gasteiger partial charge on any atom is 0.235 e. The summed E-state index contributed by atoms with van der Waals surface area (Å²) in [5.41, 5.74) is 4.73. The molecule has 0 aliphatic heterocycles. The van der Waals surface area contributed by atoms with Gasteiger partial charge in [0.1, 0.15) is 5.75 Å². The molecule has 0 radical (unpaired) electrons. The van der Waals surface area contributed by atoms with E-state index in [1.807, 2.05) is 36.4 Å². The third-order valence-corrected chi connectivity index (χ3v) is 8.84. The number of ketones is 4. The van der Waals surface area contributed by atoms with E-state index < -0.39 is 64.4 Å². The Bertz CT molecular complexity index is 1460. The molecule has 1 amide bonds. The highest BCUT2D eigenvalue weighted by Crippen LogP contribution is 2.51. The number of Topliss-reactive ketones (excluding diaryl/α,β-unsaturated/α-hetero) is 4. The van der Waals surface area contributed by atoms with Crippen LogP contribution < -0.4 is 5.73 Å². The highest BCUT2D eigenvalue weighted by molar-refractivity contribution is 9.10. The summed E-state index contributed by atoms with van der Waals surface area (Å²) < 4.78 is 0.929. The molecule has 4 N–H and O–H groups in total. The molecule has 2 saturated carbocycles. The van der Waals surface area contributed by atoms with E-state index in [-0.39, 0.29) is 24.2 Å². The molecule has 10 heteroatoms. The average molecular weight is 595 g/mol. The fraction of sp³-hybridized carbons (Fsp3) is 0.345. The Morgan fingerprint density at radius 1 is 1.05 bits per heavy atom. The minimum absolute atomic E-state index is 0.00934. The fourth-order valence-electron chi connectivity index (χ4n) is 6.54. The van der Waals surface area contributed by atoms with E-state index in [0.29, 0.717) is 11.1 Å². The summed E-state index contributed by atoms with van der Waals surface area (Å²) in [6.07, 6.45) is 3.91.